The number of thiophene rings is 1. The maximum absolute atomic E-state index is 12.5. The molecule has 4 rings (SSSR count). The summed E-state index contributed by atoms with van der Waals surface area (Å²) in [6, 6.07) is 7.70. The Labute approximate surface area is 149 Å². The number of carbonyl (C=O) groups is 1. The van der Waals surface area contributed by atoms with Crippen LogP contribution >= 0.6 is 11.3 Å². The lowest BCUT2D eigenvalue weighted by molar-refractivity contribution is 0.0606. The molecule has 7 nitrogen and oxygen atoms in total. The zero-order chi connectivity index (χ0) is 17.2. The highest BCUT2D eigenvalue weighted by Crippen LogP contribution is 2.21. The van der Waals surface area contributed by atoms with Crippen molar-refractivity contribution in [2.45, 2.75) is 6.54 Å². The van der Waals surface area contributed by atoms with E-state index in [0.29, 0.717) is 31.3 Å². The molecule has 8 heteroatoms. The number of aryl methyl sites for hydroxylation is 1. The lowest BCUT2D eigenvalue weighted by Gasteiger charge is -2.33. The average Bonchev–Trinajstić information content (AvgIpc) is 3.36. The Bertz CT molecular complexity index is 846. The Kier molecular flexibility index (Phi) is 4.37. The largest absolute Gasteiger partial charge is 0.347 e. The van der Waals surface area contributed by atoms with Crippen molar-refractivity contribution in [3.05, 3.63) is 47.4 Å². The molecule has 0 unspecified atom stereocenters. The summed E-state index contributed by atoms with van der Waals surface area (Å²) in [5.74, 6) is 1.35. The monoisotopic (exact) mass is 357 g/mol. The van der Waals surface area contributed by atoms with Gasteiger partial charge < -0.3 is 14.0 Å². The lowest BCUT2D eigenvalue weighted by atomic mass is 10.2. The third kappa shape index (κ3) is 3.35. The molecule has 1 aliphatic rings. The maximum atomic E-state index is 12.5. The van der Waals surface area contributed by atoms with E-state index in [1.165, 1.54) is 0 Å². The van der Waals surface area contributed by atoms with Crippen molar-refractivity contribution in [3.8, 4) is 10.7 Å². The summed E-state index contributed by atoms with van der Waals surface area (Å²) in [5, 5.41) is 6.04. The summed E-state index contributed by atoms with van der Waals surface area (Å²) in [4.78, 5) is 22.1. The van der Waals surface area contributed by atoms with E-state index in [1.54, 1.807) is 11.3 Å². The molecule has 1 aliphatic heterocycles. The van der Waals surface area contributed by atoms with E-state index in [4.69, 9.17) is 4.52 Å². The molecule has 0 aliphatic carbocycles. The highest BCUT2D eigenvalue weighted by Gasteiger charge is 2.24. The Balaban J connectivity index is 1.33. The van der Waals surface area contributed by atoms with Gasteiger partial charge in [0.25, 0.3) is 5.91 Å². The van der Waals surface area contributed by atoms with Gasteiger partial charge in [0.05, 0.1) is 11.4 Å². The number of hydrogen-bond acceptors (Lipinski definition) is 6. The quantitative estimate of drug-likeness (QED) is 0.715. The van der Waals surface area contributed by atoms with Crippen LogP contribution in [0, 0.1) is 0 Å². The van der Waals surface area contributed by atoms with Gasteiger partial charge in [-0.3, -0.25) is 9.69 Å². The highest BCUT2D eigenvalue weighted by molar-refractivity contribution is 7.13. The Morgan fingerprint density at radius 2 is 2.08 bits per heavy atom. The molecule has 3 aromatic rings. The Morgan fingerprint density at radius 1 is 1.24 bits per heavy atom. The predicted molar refractivity (Wildman–Crippen MR) is 94.2 cm³/mol. The fourth-order valence-electron chi connectivity index (χ4n) is 2.97. The van der Waals surface area contributed by atoms with Gasteiger partial charge in [0.2, 0.25) is 11.7 Å². The summed E-state index contributed by atoms with van der Waals surface area (Å²) in [6.07, 6.45) is 1.89. The first-order chi connectivity index (χ1) is 12.2. The van der Waals surface area contributed by atoms with Crippen LogP contribution in [0.1, 0.15) is 16.4 Å². The molecule has 0 radical (unpaired) electrons. The van der Waals surface area contributed by atoms with E-state index in [2.05, 4.69) is 15.0 Å². The van der Waals surface area contributed by atoms with Gasteiger partial charge in [-0.15, -0.1) is 11.3 Å². The van der Waals surface area contributed by atoms with Gasteiger partial charge in [0.1, 0.15) is 5.69 Å². The molecule has 0 aromatic carbocycles. The Hall–Kier alpha value is -2.45. The molecule has 1 amide bonds. The lowest BCUT2D eigenvalue weighted by Crippen LogP contribution is -2.48. The summed E-state index contributed by atoms with van der Waals surface area (Å²) in [5.41, 5.74) is 0.728. The second-order valence-electron chi connectivity index (χ2n) is 6.06. The van der Waals surface area contributed by atoms with Gasteiger partial charge in [-0.2, -0.15) is 4.98 Å². The maximum Gasteiger partial charge on any atom is 0.270 e. The van der Waals surface area contributed by atoms with Gasteiger partial charge in [-0.25, -0.2) is 0 Å². The van der Waals surface area contributed by atoms with Gasteiger partial charge >= 0.3 is 0 Å². The van der Waals surface area contributed by atoms with E-state index in [1.807, 2.05) is 52.4 Å². The fourth-order valence-corrected chi connectivity index (χ4v) is 3.62. The van der Waals surface area contributed by atoms with Crippen molar-refractivity contribution in [2.75, 3.05) is 26.2 Å². The molecule has 0 N–H and O–H groups in total. The van der Waals surface area contributed by atoms with Crippen LogP contribution < -0.4 is 0 Å². The average molecular weight is 357 g/mol. The van der Waals surface area contributed by atoms with E-state index in [9.17, 15) is 4.79 Å². The molecule has 25 heavy (non-hydrogen) atoms. The number of hydrogen-bond donors (Lipinski definition) is 0. The molecule has 4 heterocycles. The minimum Gasteiger partial charge on any atom is -0.347 e. The first-order valence-electron chi connectivity index (χ1n) is 8.20. The van der Waals surface area contributed by atoms with E-state index >= 15 is 0 Å². The molecule has 0 spiro atoms. The first-order valence-corrected chi connectivity index (χ1v) is 9.08. The van der Waals surface area contributed by atoms with Crippen molar-refractivity contribution in [1.29, 1.82) is 0 Å². The Morgan fingerprint density at radius 3 is 2.76 bits per heavy atom. The molecule has 1 fully saturated rings. The van der Waals surface area contributed by atoms with Gasteiger partial charge in [0, 0.05) is 39.4 Å². The minimum absolute atomic E-state index is 0.0879. The summed E-state index contributed by atoms with van der Waals surface area (Å²) in [7, 11) is 1.89. The SMILES string of the molecule is Cn1cccc1C(=O)N1CCN(Cc2nc(-c3cccs3)no2)CC1. The smallest absolute Gasteiger partial charge is 0.270 e. The van der Waals surface area contributed by atoms with Crippen LogP contribution in [0.25, 0.3) is 10.7 Å². The van der Waals surface area contributed by atoms with Crippen molar-refractivity contribution >= 4 is 17.2 Å². The number of piperazine rings is 1. The number of carbonyl (C=O) groups excluding carboxylic acids is 1. The number of amides is 1. The molecule has 130 valence electrons. The molecule has 0 saturated carbocycles. The normalized spacial score (nSPS) is 15.6. The minimum atomic E-state index is 0.0879. The second kappa shape index (κ2) is 6.81. The molecule has 1 saturated heterocycles. The van der Waals surface area contributed by atoms with Crippen LogP contribution in [0.3, 0.4) is 0 Å². The van der Waals surface area contributed by atoms with E-state index in [0.717, 1.165) is 23.7 Å². The molecule has 0 bridgehead atoms. The third-order valence-corrected chi connectivity index (χ3v) is 5.26. The molecule has 3 aromatic heterocycles. The van der Waals surface area contributed by atoms with Crippen LogP contribution in [-0.2, 0) is 13.6 Å². The zero-order valence-corrected chi connectivity index (χ0v) is 14.8. The van der Waals surface area contributed by atoms with Crippen molar-refractivity contribution in [1.82, 2.24) is 24.5 Å². The number of nitrogens with zero attached hydrogens (tertiary/aromatic N) is 5. The van der Waals surface area contributed by atoms with E-state index in [-0.39, 0.29) is 5.91 Å². The van der Waals surface area contributed by atoms with Crippen LogP contribution in [0.5, 0.6) is 0 Å². The van der Waals surface area contributed by atoms with Crippen LogP contribution in [-0.4, -0.2) is 56.6 Å². The summed E-state index contributed by atoms with van der Waals surface area (Å²) >= 11 is 1.59. The highest BCUT2D eigenvalue weighted by atomic mass is 32.1. The zero-order valence-electron chi connectivity index (χ0n) is 14.0. The standard InChI is InChI=1S/C17H19N5O2S/c1-20-6-2-4-13(20)17(23)22-9-7-21(8-10-22)12-15-18-16(19-24-15)14-5-3-11-25-14/h2-6,11H,7-10,12H2,1H3. The van der Waals surface area contributed by atoms with Crippen LogP contribution in [0.15, 0.2) is 40.4 Å². The molecular formula is C17H19N5O2S. The summed E-state index contributed by atoms with van der Waals surface area (Å²) in [6.45, 7) is 3.62. The van der Waals surface area contributed by atoms with Crippen molar-refractivity contribution in [2.24, 2.45) is 7.05 Å². The molecule has 0 atom stereocenters. The van der Waals surface area contributed by atoms with Gasteiger partial charge in [0.15, 0.2) is 0 Å². The first kappa shape index (κ1) is 16.0. The summed E-state index contributed by atoms with van der Waals surface area (Å²) < 4.78 is 7.22. The second-order valence-corrected chi connectivity index (χ2v) is 7.01. The third-order valence-electron chi connectivity index (χ3n) is 4.39. The van der Waals surface area contributed by atoms with Crippen molar-refractivity contribution in [3.63, 3.8) is 0 Å². The molecular weight excluding hydrogens is 338 g/mol. The van der Waals surface area contributed by atoms with Gasteiger partial charge in [-0.05, 0) is 23.6 Å². The van der Waals surface area contributed by atoms with Crippen LogP contribution in [0.2, 0.25) is 0 Å². The van der Waals surface area contributed by atoms with Gasteiger partial charge in [-0.1, -0.05) is 11.2 Å². The fraction of sp³-hybridized carbons (Fsp3) is 0.353. The van der Waals surface area contributed by atoms with Crippen LogP contribution in [0.4, 0.5) is 0 Å². The van der Waals surface area contributed by atoms with Crippen molar-refractivity contribution < 1.29 is 9.32 Å². The predicted octanol–water partition coefficient (Wildman–Crippen LogP) is 2.09. The number of rotatable bonds is 4. The number of aromatic nitrogens is 3. The van der Waals surface area contributed by atoms with E-state index < -0.39 is 0 Å². The topological polar surface area (TPSA) is 67.4 Å².